The molecular formula is C23H36N6O. The molecule has 2 aromatic rings. The largest absolute Gasteiger partial charge is 0.387 e. The maximum Gasteiger partial charge on any atom is 0.107 e. The number of aliphatic hydroxyl groups excluding tert-OH is 1. The van der Waals surface area contributed by atoms with Gasteiger partial charge in [0, 0.05) is 38.9 Å². The summed E-state index contributed by atoms with van der Waals surface area (Å²) in [5, 5.41) is 14.3. The molecule has 2 aliphatic rings. The number of nitrogens with one attached hydrogen (secondary N) is 1. The van der Waals surface area contributed by atoms with Crippen molar-refractivity contribution in [3.8, 4) is 0 Å². The predicted octanol–water partition coefficient (Wildman–Crippen LogP) is 2.40. The average Bonchev–Trinajstić information content (AvgIpc) is 3.07. The van der Waals surface area contributed by atoms with E-state index in [0.29, 0.717) is 12.5 Å². The number of hydrogen-bond acceptors (Lipinski definition) is 6. The van der Waals surface area contributed by atoms with E-state index >= 15 is 0 Å². The first kappa shape index (κ1) is 21.4. The highest BCUT2D eigenvalue weighted by Crippen LogP contribution is 2.33. The van der Waals surface area contributed by atoms with Crippen LogP contribution in [0.15, 0.2) is 18.3 Å². The number of fused-ring (bicyclic) bond motifs is 1. The maximum absolute atomic E-state index is 10.9. The number of imidazole rings is 1. The molecule has 0 bridgehead atoms. The summed E-state index contributed by atoms with van der Waals surface area (Å²) >= 11 is 0. The van der Waals surface area contributed by atoms with Gasteiger partial charge in [0.1, 0.15) is 5.82 Å². The summed E-state index contributed by atoms with van der Waals surface area (Å²) in [5.74, 6) is 0.988. The Morgan fingerprint density at radius 3 is 2.90 bits per heavy atom. The molecule has 0 amide bonds. The van der Waals surface area contributed by atoms with Crippen molar-refractivity contribution < 1.29 is 5.11 Å². The SMILES string of the molecule is CCC(O)c1c(CN(C)[C@H]2CCCc3cccnc32)nc(C)n1CN1CCNCC1. The maximum atomic E-state index is 10.9. The zero-order valence-corrected chi connectivity index (χ0v) is 18.6. The topological polar surface area (TPSA) is 69.5 Å². The molecule has 7 nitrogen and oxygen atoms in total. The van der Waals surface area contributed by atoms with E-state index in [2.05, 4.69) is 39.7 Å². The number of hydrogen-bond donors (Lipinski definition) is 2. The third kappa shape index (κ3) is 4.44. The van der Waals surface area contributed by atoms with E-state index in [1.54, 1.807) is 0 Å². The Balaban J connectivity index is 1.58. The Hall–Kier alpha value is -1.80. The van der Waals surface area contributed by atoms with Crippen LogP contribution in [0.1, 0.15) is 66.8 Å². The van der Waals surface area contributed by atoms with Crippen molar-refractivity contribution in [1.29, 1.82) is 0 Å². The summed E-state index contributed by atoms with van der Waals surface area (Å²) < 4.78 is 2.23. The zero-order valence-electron chi connectivity index (χ0n) is 18.6. The first-order valence-electron chi connectivity index (χ1n) is 11.4. The van der Waals surface area contributed by atoms with Gasteiger partial charge in [-0.3, -0.25) is 14.8 Å². The molecule has 3 heterocycles. The van der Waals surface area contributed by atoms with Crippen molar-refractivity contribution in [2.45, 2.75) is 64.9 Å². The molecule has 164 valence electrons. The second kappa shape index (κ2) is 9.56. The molecule has 2 aromatic heterocycles. The van der Waals surface area contributed by atoms with Crippen LogP contribution in [-0.2, 0) is 19.6 Å². The van der Waals surface area contributed by atoms with Crippen LogP contribution in [0, 0.1) is 6.92 Å². The van der Waals surface area contributed by atoms with Crippen LogP contribution in [-0.4, -0.2) is 62.7 Å². The van der Waals surface area contributed by atoms with E-state index in [1.807, 2.05) is 19.2 Å². The Labute approximate surface area is 180 Å². The monoisotopic (exact) mass is 412 g/mol. The number of aryl methyl sites for hydroxylation is 2. The van der Waals surface area contributed by atoms with Crippen molar-refractivity contribution in [3.63, 3.8) is 0 Å². The third-order valence-electron chi connectivity index (χ3n) is 6.62. The van der Waals surface area contributed by atoms with Gasteiger partial charge >= 0.3 is 0 Å². The molecule has 30 heavy (non-hydrogen) atoms. The molecule has 1 fully saturated rings. The first-order chi connectivity index (χ1) is 14.6. The van der Waals surface area contributed by atoms with Gasteiger partial charge in [-0.25, -0.2) is 4.98 Å². The minimum Gasteiger partial charge on any atom is -0.387 e. The van der Waals surface area contributed by atoms with Crippen LogP contribution < -0.4 is 5.32 Å². The van der Waals surface area contributed by atoms with Crippen molar-refractivity contribution in [1.82, 2.24) is 29.7 Å². The predicted molar refractivity (Wildman–Crippen MR) is 118 cm³/mol. The van der Waals surface area contributed by atoms with Gasteiger partial charge in [-0.1, -0.05) is 13.0 Å². The summed E-state index contributed by atoms with van der Waals surface area (Å²) in [6.07, 6.45) is 5.53. The van der Waals surface area contributed by atoms with Crippen LogP contribution in [0.3, 0.4) is 0 Å². The van der Waals surface area contributed by atoms with Gasteiger partial charge in [-0.15, -0.1) is 0 Å². The summed E-state index contributed by atoms with van der Waals surface area (Å²) in [6, 6.07) is 4.55. The van der Waals surface area contributed by atoms with Crippen molar-refractivity contribution in [2.24, 2.45) is 0 Å². The van der Waals surface area contributed by atoms with E-state index < -0.39 is 6.10 Å². The Bertz CT molecular complexity index is 844. The highest BCUT2D eigenvalue weighted by atomic mass is 16.3. The molecule has 0 aromatic carbocycles. The summed E-state index contributed by atoms with van der Waals surface area (Å²) in [6.45, 7) is 9.71. The molecule has 1 saturated heterocycles. The quantitative estimate of drug-likeness (QED) is 0.728. The lowest BCUT2D eigenvalue weighted by molar-refractivity contribution is 0.141. The van der Waals surface area contributed by atoms with Crippen LogP contribution in [0.4, 0.5) is 0 Å². The number of aromatic nitrogens is 3. The summed E-state index contributed by atoms with van der Waals surface area (Å²) in [7, 11) is 2.17. The zero-order chi connectivity index (χ0) is 21.1. The van der Waals surface area contributed by atoms with E-state index in [9.17, 15) is 5.11 Å². The van der Waals surface area contributed by atoms with Gasteiger partial charge in [-0.05, 0) is 51.3 Å². The molecular weight excluding hydrogens is 376 g/mol. The fourth-order valence-electron chi connectivity index (χ4n) is 4.92. The molecule has 2 N–H and O–H groups in total. The number of piperazine rings is 1. The van der Waals surface area contributed by atoms with Gasteiger partial charge in [0.2, 0.25) is 0 Å². The lowest BCUT2D eigenvalue weighted by Crippen LogP contribution is -2.44. The first-order valence-corrected chi connectivity index (χ1v) is 11.4. The van der Waals surface area contributed by atoms with Crippen LogP contribution in [0.2, 0.25) is 0 Å². The van der Waals surface area contributed by atoms with E-state index in [4.69, 9.17) is 9.97 Å². The molecule has 2 atom stereocenters. The molecule has 0 spiro atoms. The second-order valence-electron chi connectivity index (χ2n) is 8.72. The van der Waals surface area contributed by atoms with E-state index in [0.717, 1.165) is 69.4 Å². The van der Waals surface area contributed by atoms with Gasteiger partial charge in [-0.2, -0.15) is 0 Å². The summed E-state index contributed by atoms with van der Waals surface area (Å²) in [5.41, 5.74) is 4.57. The van der Waals surface area contributed by atoms with E-state index in [-0.39, 0.29) is 0 Å². The van der Waals surface area contributed by atoms with Crippen molar-refractivity contribution >= 4 is 0 Å². The van der Waals surface area contributed by atoms with Crippen LogP contribution >= 0.6 is 0 Å². The molecule has 4 rings (SSSR count). The molecule has 0 saturated carbocycles. The Morgan fingerprint density at radius 1 is 1.33 bits per heavy atom. The van der Waals surface area contributed by atoms with Crippen molar-refractivity contribution in [2.75, 3.05) is 33.2 Å². The van der Waals surface area contributed by atoms with E-state index in [1.165, 1.54) is 17.7 Å². The van der Waals surface area contributed by atoms with Crippen molar-refractivity contribution in [3.05, 3.63) is 46.8 Å². The standard InChI is InChI=1S/C23H36N6O/c1-4-21(30)23-19(26-17(2)29(23)16-28-13-11-24-12-14-28)15-27(3)20-9-5-7-18-8-6-10-25-22(18)20/h6,8,10,20-21,24,30H,4-5,7,9,11-16H2,1-3H3/t20-,21?/m0/s1. The molecule has 1 aliphatic carbocycles. The molecule has 1 aliphatic heterocycles. The minimum atomic E-state index is -0.491. The fourth-order valence-corrected chi connectivity index (χ4v) is 4.92. The highest BCUT2D eigenvalue weighted by molar-refractivity contribution is 5.26. The third-order valence-corrected chi connectivity index (χ3v) is 6.62. The minimum absolute atomic E-state index is 0.306. The van der Waals surface area contributed by atoms with Crippen LogP contribution in [0.25, 0.3) is 0 Å². The average molecular weight is 413 g/mol. The number of rotatable bonds is 7. The van der Waals surface area contributed by atoms with Crippen LogP contribution in [0.5, 0.6) is 0 Å². The van der Waals surface area contributed by atoms with Gasteiger partial charge < -0.3 is 15.0 Å². The van der Waals surface area contributed by atoms with Gasteiger partial charge in [0.05, 0.1) is 35.9 Å². The smallest absolute Gasteiger partial charge is 0.107 e. The fraction of sp³-hybridized carbons (Fsp3) is 0.652. The van der Waals surface area contributed by atoms with Gasteiger partial charge in [0.25, 0.3) is 0 Å². The lowest BCUT2D eigenvalue weighted by atomic mass is 9.91. The second-order valence-corrected chi connectivity index (χ2v) is 8.72. The molecule has 1 unspecified atom stereocenters. The number of nitrogens with zero attached hydrogens (tertiary/aromatic N) is 5. The summed E-state index contributed by atoms with van der Waals surface area (Å²) in [4.78, 5) is 14.4. The Kier molecular flexibility index (Phi) is 6.83. The molecule has 0 radical (unpaired) electrons. The number of pyridine rings is 1. The number of aliphatic hydroxyl groups is 1. The normalized spacial score (nSPS) is 21.0. The lowest BCUT2D eigenvalue weighted by Gasteiger charge is -2.32. The molecule has 7 heteroatoms. The Morgan fingerprint density at radius 2 is 2.13 bits per heavy atom. The highest BCUT2D eigenvalue weighted by Gasteiger charge is 2.28. The van der Waals surface area contributed by atoms with Gasteiger partial charge in [0.15, 0.2) is 0 Å².